The van der Waals surface area contributed by atoms with E-state index in [1.807, 2.05) is 19.1 Å². The van der Waals surface area contributed by atoms with Gasteiger partial charge >= 0.3 is 0 Å². The number of aldehydes is 1. The van der Waals surface area contributed by atoms with Gasteiger partial charge in [-0.2, -0.15) is 0 Å². The molecule has 0 fully saturated rings. The molecule has 0 N–H and O–H groups in total. The lowest BCUT2D eigenvalue weighted by molar-refractivity contribution is -0.104. The predicted molar refractivity (Wildman–Crippen MR) is 106 cm³/mol. The minimum atomic E-state index is 0.279. The van der Waals surface area contributed by atoms with Crippen molar-refractivity contribution in [2.75, 3.05) is 0 Å². The number of hydrogen-bond acceptors (Lipinski definition) is 1. The molecule has 0 heterocycles. The SMILES string of the molecule is CC1=C(/C=C/C(=C/C=C\C(C)=C\C=O)CC(C)C)C(C)(C)CCC1. The summed E-state index contributed by atoms with van der Waals surface area (Å²) < 4.78 is 0. The average Bonchev–Trinajstić information content (AvgIpc) is 2.45. The monoisotopic (exact) mass is 326 g/mol. The normalized spacial score (nSPS) is 19.8. The first-order chi connectivity index (χ1) is 11.3. The van der Waals surface area contributed by atoms with E-state index in [-0.39, 0.29) is 5.41 Å². The second-order valence-electron chi connectivity index (χ2n) is 8.01. The molecule has 0 amide bonds. The van der Waals surface area contributed by atoms with Gasteiger partial charge in [-0.05, 0) is 73.7 Å². The molecule has 0 aromatic rings. The number of rotatable bonds is 7. The van der Waals surface area contributed by atoms with Gasteiger partial charge in [-0.15, -0.1) is 0 Å². The molecule has 0 saturated carbocycles. The summed E-state index contributed by atoms with van der Waals surface area (Å²) in [6.07, 6.45) is 18.1. The van der Waals surface area contributed by atoms with Crippen molar-refractivity contribution >= 4 is 6.29 Å². The molecule has 1 rings (SSSR count). The van der Waals surface area contributed by atoms with Crippen LogP contribution >= 0.6 is 0 Å². The van der Waals surface area contributed by atoms with Gasteiger partial charge in [0.05, 0.1) is 0 Å². The Morgan fingerprint density at radius 3 is 2.50 bits per heavy atom. The van der Waals surface area contributed by atoms with Crippen molar-refractivity contribution in [1.29, 1.82) is 0 Å². The van der Waals surface area contributed by atoms with Crippen molar-refractivity contribution in [3.05, 3.63) is 58.7 Å². The third-order valence-corrected chi connectivity index (χ3v) is 4.65. The van der Waals surface area contributed by atoms with Crippen molar-refractivity contribution in [3.8, 4) is 0 Å². The molecular formula is C23H34O. The van der Waals surface area contributed by atoms with Gasteiger partial charge in [0.25, 0.3) is 0 Å². The van der Waals surface area contributed by atoms with Crippen LogP contribution in [0, 0.1) is 11.3 Å². The van der Waals surface area contributed by atoms with Gasteiger partial charge in [0.1, 0.15) is 6.29 Å². The predicted octanol–water partition coefficient (Wildman–Crippen LogP) is 6.74. The molecule has 1 aliphatic rings. The Bertz CT molecular complexity index is 577. The second-order valence-corrected chi connectivity index (χ2v) is 8.01. The van der Waals surface area contributed by atoms with E-state index in [0.29, 0.717) is 5.92 Å². The van der Waals surface area contributed by atoms with Gasteiger partial charge < -0.3 is 0 Å². The summed E-state index contributed by atoms with van der Waals surface area (Å²) in [5.74, 6) is 0.621. The molecule has 0 spiro atoms. The number of allylic oxidation sites excluding steroid dienone is 10. The van der Waals surface area contributed by atoms with Crippen LogP contribution in [-0.4, -0.2) is 6.29 Å². The molecule has 0 unspecified atom stereocenters. The second kappa shape index (κ2) is 9.61. The molecule has 1 aliphatic carbocycles. The Kier molecular flexibility index (Phi) is 8.18. The third-order valence-electron chi connectivity index (χ3n) is 4.65. The van der Waals surface area contributed by atoms with Gasteiger partial charge in [0.15, 0.2) is 0 Å². The van der Waals surface area contributed by atoms with Crippen LogP contribution in [-0.2, 0) is 4.79 Å². The molecule has 1 nitrogen and oxygen atoms in total. The van der Waals surface area contributed by atoms with Crippen molar-refractivity contribution < 1.29 is 4.79 Å². The van der Waals surface area contributed by atoms with Crippen molar-refractivity contribution in [3.63, 3.8) is 0 Å². The first kappa shape index (κ1) is 20.4. The minimum absolute atomic E-state index is 0.279. The fourth-order valence-electron chi connectivity index (χ4n) is 3.35. The smallest absolute Gasteiger partial charge is 0.143 e. The Labute approximate surface area is 148 Å². The van der Waals surface area contributed by atoms with Crippen molar-refractivity contribution in [1.82, 2.24) is 0 Å². The molecule has 0 aliphatic heterocycles. The largest absolute Gasteiger partial charge is 0.299 e. The third kappa shape index (κ3) is 6.86. The maximum Gasteiger partial charge on any atom is 0.143 e. The Hall–Kier alpha value is -1.63. The first-order valence-corrected chi connectivity index (χ1v) is 9.14. The lowest BCUT2D eigenvalue weighted by Crippen LogP contribution is -2.19. The van der Waals surface area contributed by atoms with Crippen LogP contribution in [0.1, 0.15) is 67.2 Å². The highest BCUT2D eigenvalue weighted by Crippen LogP contribution is 2.40. The summed E-state index contributed by atoms with van der Waals surface area (Å²) in [5, 5.41) is 0. The molecule has 0 atom stereocenters. The topological polar surface area (TPSA) is 17.1 Å². The fraction of sp³-hybridized carbons (Fsp3) is 0.522. The van der Waals surface area contributed by atoms with Gasteiger partial charge in [0, 0.05) is 0 Å². The van der Waals surface area contributed by atoms with Crippen LogP contribution in [0.15, 0.2) is 58.7 Å². The Morgan fingerprint density at radius 1 is 1.21 bits per heavy atom. The van der Waals surface area contributed by atoms with Crippen molar-refractivity contribution in [2.24, 2.45) is 11.3 Å². The zero-order chi connectivity index (χ0) is 18.2. The Morgan fingerprint density at radius 2 is 1.92 bits per heavy atom. The highest BCUT2D eigenvalue weighted by molar-refractivity contribution is 5.66. The highest BCUT2D eigenvalue weighted by Gasteiger charge is 2.26. The molecule has 0 aromatic heterocycles. The maximum absolute atomic E-state index is 10.5. The van der Waals surface area contributed by atoms with E-state index in [4.69, 9.17) is 0 Å². The molecule has 0 saturated heterocycles. The van der Waals surface area contributed by atoms with E-state index in [1.54, 1.807) is 6.08 Å². The van der Waals surface area contributed by atoms with E-state index < -0.39 is 0 Å². The zero-order valence-electron chi connectivity index (χ0n) is 16.4. The first-order valence-electron chi connectivity index (χ1n) is 9.14. The molecule has 0 radical (unpaired) electrons. The molecule has 0 aromatic carbocycles. The van der Waals surface area contributed by atoms with Crippen LogP contribution < -0.4 is 0 Å². The quantitative estimate of drug-likeness (QED) is 0.287. The van der Waals surface area contributed by atoms with Crippen LogP contribution in [0.5, 0.6) is 0 Å². The standard InChI is InChI=1S/C23H34O/c1-18(2)17-21(11-7-9-19(3)14-16-24)12-13-22-20(4)10-8-15-23(22,5)6/h7,9,11-14,16,18H,8,10,15,17H2,1-6H3/b9-7-,13-12+,19-14+,21-11-. The molecule has 24 heavy (non-hydrogen) atoms. The number of carbonyl (C=O) groups is 1. The lowest BCUT2D eigenvalue weighted by Gasteiger charge is -2.33. The summed E-state index contributed by atoms with van der Waals surface area (Å²) in [4.78, 5) is 10.5. The lowest BCUT2D eigenvalue weighted by atomic mass is 9.72. The average molecular weight is 327 g/mol. The zero-order valence-corrected chi connectivity index (χ0v) is 16.4. The van der Waals surface area contributed by atoms with E-state index in [0.717, 1.165) is 18.3 Å². The van der Waals surface area contributed by atoms with Gasteiger partial charge in [-0.25, -0.2) is 0 Å². The molecule has 0 bridgehead atoms. The summed E-state index contributed by atoms with van der Waals surface area (Å²) in [6.45, 7) is 13.4. The molecular weight excluding hydrogens is 292 g/mol. The minimum Gasteiger partial charge on any atom is -0.299 e. The van der Waals surface area contributed by atoms with E-state index in [1.165, 1.54) is 36.0 Å². The summed E-state index contributed by atoms with van der Waals surface area (Å²) in [6, 6.07) is 0. The van der Waals surface area contributed by atoms with E-state index in [2.05, 4.69) is 52.8 Å². The van der Waals surface area contributed by atoms with Gasteiger partial charge in [-0.3, -0.25) is 4.79 Å². The van der Waals surface area contributed by atoms with Crippen LogP contribution in [0.4, 0.5) is 0 Å². The van der Waals surface area contributed by atoms with Crippen LogP contribution in [0.25, 0.3) is 0 Å². The van der Waals surface area contributed by atoms with Crippen molar-refractivity contribution in [2.45, 2.75) is 67.2 Å². The fourth-order valence-corrected chi connectivity index (χ4v) is 3.35. The summed E-state index contributed by atoms with van der Waals surface area (Å²) in [7, 11) is 0. The maximum atomic E-state index is 10.5. The summed E-state index contributed by atoms with van der Waals surface area (Å²) >= 11 is 0. The molecule has 132 valence electrons. The van der Waals surface area contributed by atoms with Crippen LogP contribution in [0.2, 0.25) is 0 Å². The van der Waals surface area contributed by atoms with E-state index >= 15 is 0 Å². The van der Waals surface area contributed by atoms with Crippen LogP contribution in [0.3, 0.4) is 0 Å². The Balaban J connectivity index is 3.01. The summed E-state index contributed by atoms with van der Waals surface area (Å²) in [5.41, 5.74) is 5.63. The number of carbonyl (C=O) groups excluding carboxylic acids is 1. The number of hydrogen-bond donors (Lipinski definition) is 0. The van der Waals surface area contributed by atoms with E-state index in [9.17, 15) is 4.79 Å². The van der Waals surface area contributed by atoms with Gasteiger partial charge in [-0.1, -0.05) is 63.6 Å². The van der Waals surface area contributed by atoms with Gasteiger partial charge in [0.2, 0.25) is 0 Å². The highest BCUT2D eigenvalue weighted by atomic mass is 16.1. The molecule has 1 heteroatoms.